The predicted molar refractivity (Wildman–Crippen MR) is 144 cm³/mol. The number of hydrogen-bond donors (Lipinski definition) is 2. The van der Waals surface area contributed by atoms with Crippen LogP contribution >= 0.6 is 11.6 Å². The molecule has 0 spiro atoms. The predicted octanol–water partition coefficient (Wildman–Crippen LogP) is 5.50. The van der Waals surface area contributed by atoms with E-state index in [1.54, 1.807) is 13.0 Å². The van der Waals surface area contributed by atoms with Crippen LogP contribution in [0.2, 0.25) is 5.02 Å². The lowest BCUT2D eigenvalue weighted by atomic mass is 10.1. The first-order valence-electron chi connectivity index (χ1n) is 12.5. The SMILES string of the molecule is Cc1nc(-c2c(Cl)c3cc(F)ccc3n2-c2ccc(CNC(=O)C3(NC(=O)c4cccc(F)c4)CC3)cc2)no1. The molecule has 6 rings (SSSR count). The molecule has 202 valence electrons. The molecular formula is C29H22ClF2N5O3. The maximum Gasteiger partial charge on any atom is 0.252 e. The van der Waals surface area contributed by atoms with Crippen molar-refractivity contribution in [2.45, 2.75) is 31.8 Å². The van der Waals surface area contributed by atoms with Crippen molar-refractivity contribution in [1.82, 2.24) is 25.3 Å². The van der Waals surface area contributed by atoms with E-state index in [9.17, 15) is 18.4 Å². The highest BCUT2D eigenvalue weighted by atomic mass is 35.5. The van der Waals surface area contributed by atoms with Gasteiger partial charge in [0.25, 0.3) is 5.91 Å². The van der Waals surface area contributed by atoms with Gasteiger partial charge in [-0.3, -0.25) is 9.59 Å². The number of halogens is 3. The van der Waals surface area contributed by atoms with Crippen LogP contribution in [0.1, 0.15) is 34.7 Å². The standard InChI is InChI=1S/C29H22ClF2N5O3/c1-16-34-26(36-40-16)25-24(30)22-14-20(32)7-10-23(22)37(25)21-8-5-17(6-9-21)15-33-28(39)29(11-12-29)35-27(38)18-3-2-4-19(31)13-18/h2-10,13-14H,11-12,15H2,1H3,(H,33,39)(H,35,38). The molecule has 2 amide bonds. The van der Waals surface area contributed by atoms with Gasteiger partial charge in [0.05, 0.1) is 10.5 Å². The van der Waals surface area contributed by atoms with Gasteiger partial charge in [-0.1, -0.05) is 35.0 Å². The van der Waals surface area contributed by atoms with Crippen LogP contribution in [0.5, 0.6) is 0 Å². The van der Waals surface area contributed by atoms with E-state index in [-0.39, 0.29) is 23.8 Å². The van der Waals surface area contributed by atoms with Gasteiger partial charge in [-0.05, 0) is 66.9 Å². The van der Waals surface area contributed by atoms with Crippen molar-refractivity contribution < 1.29 is 22.9 Å². The minimum atomic E-state index is -1.00. The zero-order chi connectivity index (χ0) is 28.0. The minimum Gasteiger partial charge on any atom is -0.350 e. The van der Waals surface area contributed by atoms with Crippen molar-refractivity contribution in [3.05, 3.63) is 100 Å². The van der Waals surface area contributed by atoms with E-state index >= 15 is 0 Å². The second kappa shape index (κ2) is 9.87. The molecule has 8 nitrogen and oxygen atoms in total. The van der Waals surface area contributed by atoms with Gasteiger partial charge in [-0.2, -0.15) is 4.98 Å². The topological polar surface area (TPSA) is 102 Å². The Kier molecular flexibility index (Phi) is 6.34. The third-order valence-electron chi connectivity index (χ3n) is 6.88. The summed E-state index contributed by atoms with van der Waals surface area (Å²) in [5, 5.41) is 10.4. The van der Waals surface area contributed by atoms with Gasteiger partial charge in [-0.25, -0.2) is 8.78 Å². The number of aryl methyl sites for hydroxylation is 1. The van der Waals surface area contributed by atoms with E-state index in [1.807, 2.05) is 28.8 Å². The lowest BCUT2D eigenvalue weighted by Gasteiger charge is -2.17. The number of nitrogens with zero attached hydrogens (tertiary/aromatic N) is 3. The number of fused-ring (bicyclic) bond motifs is 1. The highest BCUT2D eigenvalue weighted by Crippen LogP contribution is 2.39. The Labute approximate surface area is 231 Å². The fourth-order valence-corrected chi connectivity index (χ4v) is 4.97. The third-order valence-corrected chi connectivity index (χ3v) is 7.26. The maximum absolute atomic E-state index is 14.0. The van der Waals surface area contributed by atoms with E-state index in [2.05, 4.69) is 20.8 Å². The monoisotopic (exact) mass is 561 g/mol. The van der Waals surface area contributed by atoms with E-state index in [4.69, 9.17) is 16.1 Å². The van der Waals surface area contributed by atoms with E-state index in [0.29, 0.717) is 40.4 Å². The van der Waals surface area contributed by atoms with E-state index < -0.39 is 23.1 Å². The maximum atomic E-state index is 14.0. The molecule has 0 radical (unpaired) electrons. The van der Waals surface area contributed by atoms with Crippen LogP contribution in [0.15, 0.2) is 71.3 Å². The molecule has 2 N–H and O–H groups in total. The molecule has 1 aliphatic rings. The first-order valence-corrected chi connectivity index (χ1v) is 12.9. The van der Waals surface area contributed by atoms with E-state index in [0.717, 1.165) is 17.3 Å². The number of aromatic nitrogens is 3. The van der Waals surface area contributed by atoms with Gasteiger partial charge in [0.15, 0.2) is 0 Å². The van der Waals surface area contributed by atoms with E-state index in [1.165, 1.54) is 30.3 Å². The Morgan fingerprint density at radius 2 is 1.80 bits per heavy atom. The summed E-state index contributed by atoms with van der Waals surface area (Å²) in [6, 6.07) is 17.0. The molecule has 2 heterocycles. The van der Waals surface area contributed by atoms with Crippen LogP contribution in [-0.4, -0.2) is 32.1 Å². The number of carbonyl (C=O) groups is 2. The van der Waals surface area contributed by atoms with Crippen LogP contribution in [-0.2, 0) is 11.3 Å². The largest absolute Gasteiger partial charge is 0.350 e. The average molecular weight is 562 g/mol. The molecule has 1 saturated carbocycles. The summed E-state index contributed by atoms with van der Waals surface area (Å²) in [4.78, 5) is 29.8. The van der Waals surface area contributed by atoms with Crippen LogP contribution in [0.3, 0.4) is 0 Å². The zero-order valence-electron chi connectivity index (χ0n) is 21.2. The molecule has 0 bridgehead atoms. The smallest absolute Gasteiger partial charge is 0.252 e. The highest BCUT2D eigenvalue weighted by molar-refractivity contribution is 6.38. The lowest BCUT2D eigenvalue weighted by molar-refractivity contribution is -0.124. The van der Waals surface area contributed by atoms with Crippen molar-refractivity contribution in [2.75, 3.05) is 0 Å². The second-order valence-electron chi connectivity index (χ2n) is 9.69. The van der Waals surface area contributed by atoms with Crippen molar-refractivity contribution >= 4 is 34.3 Å². The Bertz CT molecular complexity index is 1780. The van der Waals surface area contributed by atoms with Gasteiger partial charge in [0.2, 0.25) is 17.6 Å². The molecule has 0 aliphatic heterocycles. The summed E-state index contributed by atoms with van der Waals surface area (Å²) in [5.74, 6) is -1.12. The van der Waals surface area contributed by atoms with Gasteiger partial charge in [-0.15, -0.1) is 0 Å². The summed E-state index contributed by atoms with van der Waals surface area (Å²) < 4.78 is 34.5. The summed E-state index contributed by atoms with van der Waals surface area (Å²) in [6.07, 6.45) is 0.998. The first kappa shape index (κ1) is 25.7. The van der Waals surface area contributed by atoms with Gasteiger partial charge in [0, 0.05) is 30.1 Å². The zero-order valence-corrected chi connectivity index (χ0v) is 21.9. The van der Waals surface area contributed by atoms with Crippen molar-refractivity contribution in [2.24, 2.45) is 0 Å². The number of carbonyl (C=O) groups excluding carboxylic acids is 2. The Morgan fingerprint density at radius 1 is 1.05 bits per heavy atom. The summed E-state index contributed by atoms with van der Waals surface area (Å²) in [6.45, 7) is 1.89. The second-order valence-corrected chi connectivity index (χ2v) is 10.1. The fraction of sp³-hybridized carbons (Fsp3) is 0.172. The van der Waals surface area contributed by atoms with Gasteiger partial charge in [0.1, 0.15) is 22.9 Å². The minimum absolute atomic E-state index is 0.158. The summed E-state index contributed by atoms with van der Waals surface area (Å²) in [7, 11) is 0. The quantitative estimate of drug-likeness (QED) is 0.273. The Hall–Kier alpha value is -4.57. The van der Waals surface area contributed by atoms with Crippen LogP contribution in [0, 0.1) is 18.6 Å². The Balaban J connectivity index is 1.21. The van der Waals surface area contributed by atoms with Crippen LogP contribution in [0.25, 0.3) is 28.1 Å². The summed E-state index contributed by atoms with van der Waals surface area (Å²) in [5.41, 5.74) is 1.81. The van der Waals surface area contributed by atoms with Crippen LogP contribution < -0.4 is 10.6 Å². The van der Waals surface area contributed by atoms with Gasteiger partial charge < -0.3 is 19.7 Å². The number of amides is 2. The number of hydrogen-bond acceptors (Lipinski definition) is 5. The average Bonchev–Trinajstić information content (AvgIpc) is 3.52. The molecule has 0 atom stereocenters. The molecule has 1 fully saturated rings. The van der Waals surface area contributed by atoms with Crippen molar-refractivity contribution in [3.63, 3.8) is 0 Å². The molecule has 40 heavy (non-hydrogen) atoms. The van der Waals surface area contributed by atoms with Crippen molar-refractivity contribution in [1.29, 1.82) is 0 Å². The number of nitrogens with one attached hydrogen (secondary N) is 2. The Morgan fingerprint density at radius 3 is 2.48 bits per heavy atom. The molecule has 3 aromatic carbocycles. The molecule has 5 aromatic rings. The van der Waals surface area contributed by atoms with Gasteiger partial charge >= 0.3 is 0 Å². The third kappa shape index (κ3) is 4.71. The molecule has 2 aromatic heterocycles. The van der Waals surface area contributed by atoms with Crippen LogP contribution in [0.4, 0.5) is 8.78 Å². The normalized spacial score (nSPS) is 13.8. The molecule has 11 heteroatoms. The molecule has 1 aliphatic carbocycles. The highest BCUT2D eigenvalue weighted by Gasteiger charge is 2.51. The first-order chi connectivity index (χ1) is 19.2. The lowest BCUT2D eigenvalue weighted by Crippen LogP contribution is -2.48. The number of benzene rings is 3. The fourth-order valence-electron chi connectivity index (χ4n) is 4.65. The van der Waals surface area contributed by atoms with Crippen molar-refractivity contribution in [3.8, 4) is 17.2 Å². The number of rotatable bonds is 7. The molecular weight excluding hydrogens is 540 g/mol. The molecule has 0 unspecified atom stereocenters. The summed E-state index contributed by atoms with van der Waals surface area (Å²) >= 11 is 6.67. The molecule has 0 saturated heterocycles.